The average molecular weight is 435 g/mol. The van der Waals surface area contributed by atoms with E-state index in [1.807, 2.05) is 25.1 Å². The first-order valence-corrected chi connectivity index (χ1v) is 10.3. The number of nitrogens with zero attached hydrogens (tertiary/aromatic N) is 3. The predicted octanol–water partition coefficient (Wildman–Crippen LogP) is 5.05. The van der Waals surface area contributed by atoms with Crippen molar-refractivity contribution in [1.82, 2.24) is 9.55 Å². The van der Waals surface area contributed by atoms with Crippen LogP contribution in [0.5, 0.6) is 5.75 Å². The molecule has 4 aromatic rings. The van der Waals surface area contributed by atoms with Gasteiger partial charge in [-0.1, -0.05) is 36.0 Å². The quantitative estimate of drug-likeness (QED) is 0.173. The second kappa shape index (κ2) is 8.88. The summed E-state index contributed by atoms with van der Waals surface area (Å²) >= 11 is 1.20. The summed E-state index contributed by atoms with van der Waals surface area (Å²) in [6.07, 6.45) is 1.58. The van der Waals surface area contributed by atoms with Gasteiger partial charge in [-0.2, -0.15) is 0 Å². The minimum Gasteiger partial charge on any atom is -0.492 e. The molecule has 0 aliphatic heterocycles. The summed E-state index contributed by atoms with van der Waals surface area (Å²) in [6, 6.07) is 17.2. The maximum Gasteiger partial charge on any atom is 0.433 e. The third kappa shape index (κ3) is 4.22. The number of benzene rings is 2. The maximum absolute atomic E-state index is 13.4. The lowest BCUT2D eigenvalue weighted by molar-refractivity contribution is -0.402. The number of aromatic nitrogens is 2. The van der Waals surface area contributed by atoms with Gasteiger partial charge in [0.25, 0.3) is 5.56 Å². The van der Waals surface area contributed by atoms with Crippen molar-refractivity contribution in [2.24, 2.45) is 0 Å². The summed E-state index contributed by atoms with van der Waals surface area (Å²) < 4.78 is 12.4. The molecule has 8 nitrogen and oxygen atoms in total. The number of para-hydroxylation sites is 3. The molecule has 0 saturated heterocycles. The first kappa shape index (κ1) is 20.4. The number of rotatable bonds is 7. The molecule has 0 aliphatic rings. The Balaban J connectivity index is 1.80. The summed E-state index contributed by atoms with van der Waals surface area (Å²) in [5, 5.41) is 13.4. The molecular weight excluding hydrogens is 418 g/mol. The zero-order chi connectivity index (χ0) is 21.8. The van der Waals surface area contributed by atoms with Gasteiger partial charge in [0.05, 0.1) is 29.3 Å². The van der Waals surface area contributed by atoms with Crippen molar-refractivity contribution in [2.45, 2.75) is 12.1 Å². The number of thioether (sulfide) groups is 1. The molecule has 2 aromatic carbocycles. The Bertz CT molecular complexity index is 1340. The van der Waals surface area contributed by atoms with Crippen LogP contribution in [-0.2, 0) is 0 Å². The Morgan fingerprint density at radius 1 is 1.16 bits per heavy atom. The Morgan fingerprint density at radius 2 is 1.94 bits per heavy atom. The molecule has 9 heteroatoms. The van der Waals surface area contributed by atoms with Crippen LogP contribution in [0.15, 0.2) is 80.4 Å². The molecule has 0 aliphatic carbocycles. The van der Waals surface area contributed by atoms with Crippen LogP contribution in [0.2, 0.25) is 0 Å². The normalized spacial score (nSPS) is 11.3. The highest BCUT2D eigenvalue weighted by molar-refractivity contribution is 8.02. The number of fused-ring (bicyclic) bond motifs is 1. The van der Waals surface area contributed by atoms with E-state index in [-0.39, 0.29) is 11.4 Å². The van der Waals surface area contributed by atoms with Gasteiger partial charge < -0.3 is 9.15 Å². The van der Waals surface area contributed by atoms with E-state index in [4.69, 9.17) is 9.15 Å². The molecule has 0 radical (unpaired) electrons. The molecular formula is C22H17N3O5S. The standard InChI is InChI=1S/C22H17N3O5S/c1-2-29-19-10-6-5-9-18(19)24-21(26)16-7-3-4-8-17(16)23-22(24)31-14-13-15-11-12-20(30-15)25(27)28/h3-14H,2H2,1H3/b14-13+. The third-order valence-electron chi connectivity index (χ3n) is 4.35. The number of hydrogen-bond donors (Lipinski definition) is 0. The Kier molecular flexibility index (Phi) is 5.85. The van der Waals surface area contributed by atoms with Crippen LogP contribution in [0.3, 0.4) is 0 Å². The monoisotopic (exact) mass is 435 g/mol. The summed E-state index contributed by atoms with van der Waals surface area (Å²) in [4.78, 5) is 28.2. The highest BCUT2D eigenvalue weighted by atomic mass is 32.2. The van der Waals surface area contributed by atoms with Crippen molar-refractivity contribution in [1.29, 1.82) is 0 Å². The Morgan fingerprint density at radius 3 is 2.71 bits per heavy atom. The van der Waals surface area contributed by atoms with Crippen LogP contribution in [0, 0.1) is 10.1 Å². The average Bonchev–Trinajstić information content (AvgIpc) is 3.24. The fourth-order valence-electron chi connectivity index (χ4n) is 3.02. The van der Waals surface area contributed by atoms with E-state index in [0.29, 0.717) is 39.9 Å². The van der Waals surface area contributed by atoms with Gasteiger partial charge in [-0.05, 0) is 48.7 Å². The van der Waals surface area contributed by atoms with Crippen molar-refractivity contribution in [3.05, 3.63) is 92.3 Å². The molecule has 0 unspecified atom stereocenters. The maximum atomic E-state index is 13.4. The van der Waals surface area contributed by atoms with Crippen LogP contribution < -0.4 is 10.3 Å². The van der Waals surface area contributed by atoms with Gasteiger partial charge in [0.15, 0.2) is 5.16 Å². The van der Waals surface area contributed by atoms with Gasteiger partial charge in [-0.3, -0.25) is 19.5 Å². The van der Waals surface area contributed by atoms with Crippen molar-refractivity contribution < 1.29 is 14.1 Å². The first-order chi connectivity index (χ1) is 15.1. The van der Waals surface area contributed by atoms with Crippen molar-refractivity contribution in [2.75, 3.05) is 6.61 Å². The zero-order valence-electron chi connectivity index (χ0n) is 16.4. The molecule has 0 bridgehead atoms. The molecule has 0 saturated carbocycles. The van der Waals surface area contributed by atoms with Crippen LogP contribution >= 0.6 is 11.8 Å². The van der Waals surface area contributed by atoms with Crippen LogP contribution in [-0.4, -0.2) is 21.1 Å². The van der Waals surface area contributed by atoms with Crippen molar-refractivity contribution in [3.63, 3.8) is 0 Å². The smallest absolute Gasteiger partial charge is 0.433 e. The van der Waals surface area contributed by atoms with Gasteiger partial charge in [0.1, 0.15) is 16.4 Å². The molecule has 156 valence electrons. The molecule has 0 fully saturated rings. The SMILES string of the molecule is CCOc1ccccc1-n1c(S/C=C/c2ccc([N+](=O)[O-])o2)nc2ccccc2c1=O. The second-order valence-corrected chi connectivity index (χ2v) is 7.18. The molecule has 2 heterocycles. The lowest BCUT2D eigenvalue weighted by Gasteiger charge is -2.15. The Labute approximate surface area is 180 Å². The molecule has 4 rings (SSSR count). The van der Waals surface area contributed by atoms with Crippen molar-refractivity contribution >= 4 is 34.6 Å². The van der Waals surface area contributed by atoms with E-state index >= 15 is 0 Å². The molecule has 0 atom stereocenters. The minimum atomic E-state index is -0.600. The molecule has 0 N–H and O–H groups in total. The summed E-state index contributed by atoms with van der Waals surface area (Å²) in [7, 11) is 0. The van der Waals surface area contributed by atoms with Crippen LogP contribution in [0.4, 0.5) is 5.88 Å². The van der Waals surface area contributed by atoms with E-state index in [0.717, 1.165) is 0 Å². The third-order valence-corrected chi connectivity index (χ3v) is 5.11. The topological polar surface area (TPSA) is 100 Å². The van der Waals surface area contributed by atoms with Crippen molar-refractivity contribution in [3.8, 4) is 11.4 Å². The highest BCUT2D eigenvalue weighted by Crippen LogP contribution is 2.28. The van der Waals surface area contributed by atoms with Crippen LogP contribution in [0.1, 0.15) is 12.7 Å². The van der Waals surface area contributed by atoms with E-state index in [2.05, 4.69) is 4.98 Å². The summed E-state index contributed by atoms with van der Waals surface area (Å²) in [5.41, 5.74) is 0.932. The fourth-order valence-corrected chi connectivity index (χ4v) is 3.78. The van der Waals surface area contributed by atoms with Gasteiger partial charge in [0, 0.05) is 0 Å². The van der Waals surface area contributed by atoms with E-state index < -0.39 is 4.92 Å². The van der Waals surface area contributed by atoms with Gasteiger partial charge in [0.2, 0.25) is 0 Å². The minimum absolute atomic E-state index is 0.220. The largest absolute Gasteiger partial charge is 0.492 e. The van der Waals surface area contributed by atoms with E-state index in [1.165, 1.54) is 28.5 Å². The molecule has 0 spiro atoms. The van der Waals surface area contributed by atoms with E-state index in [9.17, 15) is 14.9 Å². The lowest BCUT2D eigenvalue weighted by Crippen LogP contribution is -2.22. The molecule has 2 aromatic heterocycles. The number of furan rings is 1. The highest BCUT2D eigenvalue weighted by Gasteiger charge is 2.16. The fraction of sp³-hybridized carbons (Fsp3) is 0.0909. The number of ether oxygens (including phenoxy) is 1. The second-order valence-electron chi connectivity index (χ2n) is 6.31. The lowest BCUT2D eigenvalue weighted by atomic mass is 10.2. The number of nitro groups is 1. The molecule has 31 heavy (non-hydrogen) atoms. The predicted molar refractivity (Wildman–Crippen MR) is 119 cm³/mol. The summed E-state index contributed by atoms with van der Waals surface area (Å²) in [5.74, 6) is 0.552. The van der Waals surface area contributed by atoms with Gasteiger partial charge >= 0.3 is 5.88 Å². The molecule has 0 amide bonds. The van der Waals surface area contributed by atoms with Crippen LogP contribution in [0.25, 0.3) is 22.7 Å². The Hall–Kier alpha value is -3.85. The first-order valence-electron chi connectivity index (χ1n) is 9.40. The number of hydrogen-bond acceptors (Lipinski definition) is 7. The zero-order valence-corrected chi connectivity index (χ0v) is 17.2. The summed E-state index contributed by atoms with van der Waals surface area (Å²) in [6.45, 7) is 2.32. The van der Waals surface area contributed by atoms with Gasteiger partial charge in [-0.15, -0.1) is 0 Å². The van der Waals surface area contributed by atoms with Gasteiger partial charge in [-0.25, -0.2) is 4.98 Å². The van der Waals surface area contributed by atoms with E-state index in [1.54, 1.807) is 41.8 Å².